The first-order chi connectivity index (χ1) is 20.5. The molecular weight excluding hydrogens is 546 g/mol. The van der Waals surface area contributed by atoms with Gasteiger partial charge in [0, 0.05) is 34.9 Å². The number of amides is 1. The SMILES string of the molecule is C=CC(=O)N1CC[C@@H]2[C@H]1CN2c1c(C#N)c(OC[C@@H]2CCCN2C)nc2cc(-c3cccc4cccc(Cl)c34)ccc12. The molecule has 0 saturated carbocycles. The monoisotopic (exact) mass is 577 g/mol. The smallest absolute Gasteiger partial charge is 0.246 e. The third-order valence-electron chi connectivity index (χ3n) is 9.33. The quantitative estimate of drug-likeness (QED) is 0.261. The molecule has 0 radical (unpaired) electrons. The summed E-state index contributed by atoms with van der Waals surface area (Å²) in [4.78, 5) is 23.9. The molecule has 3 atom stereocenters. The second-order valence-corrected chi connectivity index (χ2v) is 11.9. The second-order valence-electron chi connectivity index (χ2n) is 11.5. The van der Waals surface area contributed by atoms with Gasteiger partial charge in [0.15, 0.2) is 0 Å². The molecule has 7 rings (SSSR count). The summed E-state index contributed by atoms with van der Waals surface area (Å²) < 4.78 is 6.37. The summed E-state index contributed by atoms with van der Waals surface area (Å²) in [5.41, 5.74) is 4.09. The first kappa shape index (κ1) is 26.8. The lowest BCUT2D eigenvalue weighted by molar-refractivity contribution is -0.127. The maximum absolute atomic E-state index is 12.5. The number of nitriles is 1. The van der Waals surface area contributed by atoms with Crippen LogP contribution in [0.3, 0.4) is 0 Å². The summed E-state index contributed by atoms with van der Waals surface area (Å²) in [5, 5.41) is 14.1. The summed E-state index contributed by atoms with van der Waals surface area (Å²) in [5.74, 6) is 0.333. The van der Waals surface area contributed by atoms with Gasteiger partial charge in [-0.25, -0.2) is 4.98 Å². The minimum Gasteiger partial charge on any atom is -0.475 e. The van der Waals surface area contributed by atoms with Gasteiger partial charge in [-0.2, -0.15) is 5.26 Å². The third kappa shape index (κ3) is 4.29. The highest BCUT2D eigenvalue weighted by molar-refractivity contribution is 6.36. The Morgan fingerprint density at radius 3 is 2.76 bits per heavy atom. The lowest BCUT2D eigenvalue weighted by Crippen LogP contribution is -2.63. The van der Waals surface area contributed by atoms with E-state index in [0.717, 1.165) is 64.3 Å². The van der Waals surface area contributed by atoms with Crippen molar-refractivity contribution in [2.24, 2.45) is 0 Å². The lowest BCUT2D eigenvalue weighted by atomic mass is 9.92. The Morgan fingerprint density at radius 2 is 2.00 bits per heavy atom. The van der Waals surface area contributed by atoms with Crippen molar-refractivity contribution in [1.82, 2.24) is 14.8 Å². The number of hydrogen-bond donors (Lipinski definition) is 0. The number of aromatic nitrogens is 1. The summed E-state index contributed by atoms with van der Waals surface area (Å²) in [6.45, 7) is 6.55. The average Bonchev–Trinajstić information content (AvgIpc) is 3.56. The molecule has 7 nitrogen and oxygen atoms in total. The van der Waals surface area contributed by atoms with Gasteiger partial charge in [-0.05, 0) is 67.6 Å². The number of fused-ring (bicyclic) bond motifs is 3. The molecule has 0 bridgehead atoms. The summed E-state index contributed by atoms with van der Waals surface area (Å²) in [6.07, 6.45) is 4.43. The number of halogens is 1. The Balaban J connectivity index is 1.35. The van der Waals surface area contributed by atoms with E-state index in [4.69, 9.17) is 21.3 Å². The zero-order valence-electron chi connectivity index (χ0n) is 23.6. The van der Waals surface area contributed by atoms with Crippen LogP contribution in [-0.4, -0.2) is 72.1 Å². The molecule has 3 saturated heterocycles. The van der Waals surface area contributed by atoms with Crippen LogP contribution in [0.4, 0.5) is 5.69 Å². The molecule has 0 N–H and O–H groups in total. The Hall–Kier alpha value is -4.12. The summed E-state index contributed by atoms with van der Waals surface area (Å²) in [7, 11) is 2.11. The molecular formula is C34H32ClN5O2. The zero-order valence-corrected chi connectivity index (χ0v) is 24.3. The highest BCUT2D eigenvalue weighted by Crippen LogP contribution is 2.45. The van der Waals surface area contributed by atoms with E-state index in [1.165, 1.54) is 6.08 Å². The van der Waals surface area contributed by atoms with Crippen molar-refractivity contribution in [2.75, 3.05) is 38.2 Å². The van der Waals surface area contributed by atoms with Crippen molar-refractivity contribution >= 4 is 44.9 Å². The minimum atomic E-state index is -0.0367. The largest absolute Gasteiger partial charge is 0.475 e. The standard InChI is InChI=1S/C34H32ClN5O2/c1-3-31(41)39-16-14-29-30(39)19-40(29)33-25-13-12-22(24-10-4-7-21-8-5-11-27(35)32(21)24)17-28(25)37-34(26(33)18-36)42-20-23-9-6-15-38(23)2/h3-5,7-8,10-13,17,23,29-30H,1,6,9,14-16,19-20H2,2H3/t23-,29+,30+/m0/s1. The molecule has 0 aliphatic carbocycles. The molecule has 3 fully saturated rings. The molecule has 1 aromatic heterocycles. The Morgan fingerprint density at radius 1 is 1.17 bits per heavy atom. The van der Waals surface area contributed by atoms with Gasteiger partial charge in [-0.3, -0.25) is 4.79 Å². The van der Waals surface area contributed by atoms with Crippen molar-refractivity contribution in [3.05, 3.63) is 77.8 Å². The number of benzene rings is 3. The normalized spacial score (nSPS) is 21.8. The maximum Gasteiger partial charge on any atom is 0.246 e. The molecule has 3 aliphatic heterocycles. The minimum absolute atomic E-state index is 0.0367. The second kappa shape index (κ2) is 10.6. The van der Waals surface area contributed by atoms with E-state index in [-0.39, 0.29) is 18.0 Å². The van der Waals surface area contributed by atoms with E-state index in [0.29, 0.717) is 42.2 Å². The molecule has 3 aromatic carbocycles. The molecule has 0 unspecified atom stereocenters. The Labute approximate surface area is 250 Å². The molecule has 8 heteroatoms. The summed E-state index contributed by atoms with van der Waals surface area (Å²) in [6, 6.07) is 21.3. The first-order valence-corrected chi connectivity index (χ1v) is 14.9. The molecule has 42 heavy (non-hydrogen) atoms. The van der Waals surface area contributed by atoms with E-state index in [9.17, 15) is 10.1 Å². The predicted octanol–water partition coefficient (Wildman–Crippen LogP) is 6.03. The van der Waals surface area contributed by atoms with Gasteiger partial charge in [-0.1, -0.05) is 60.6 Å². The fraction of sp³-hybridized carbons (Fsp3) is 0.324. The predicted molar refractivity (Wildman–Crippen MR) is 167 cm³/mol. The van der Waals surface area contributed by atoms with Crippen LogP contribution in [-0.2, 0) is 4.79 Å². The lowest BCUT2D eigenvalue weighted by Gasteiger charge is -2.48. The number of pyridine rings is 1. The number of hydrogen-bond acceptors (Lipinski definition) is 6. The van der Waals surface area contributed by atoms with E-state index < -0.39 is 0 Å². The number of nitrogens with zero attached hydrogens (tertiary/aromatic N) is 5. The highest BCUT2D eigenvalue weighted by Gasteiger charge is 2.49. The van der Waals surface area contributed by atoms with Crippen molar-refractivity contribution in [3.8, 4) is 23.1 Å². The Kier molecular flexibility index (Phi) is 6.76. The van der Waals surface area contributed by atoms with Crippen molar-refractivity contribution in [3.63, 3.8) is 0 Å². The van der Waals surface area contributed by atoms with Crippen LogP contribution < -0.4 is 9.64 Å². The molecule has 212 valence electrons. The van der Waals surface area contributed by atoms with Crippen molar-refractivity contribution < 1.29 is 9.53 Å². The molecule has 4 aromatic rings. The summed E-state index contributed by atoms with van der Waals surface area (Å²) >= 11 is 6.68. The van der Waals surface area contributed by atoms with Crippen LogP contribution in [0.2, 0.25) is 5.02 Å². The number of ether oxygens (including phenoxy) is 1. The third-order valence-corrected chi connectivity index (χ3v) is 9.64. The highest BCUT2D eigenvalue weighted by atomic mass is 35.5. The zero-order chi connectivity index (χ0) is 29.0. The van der Waals surface area contributed by atoms with Crippen molar-refractivity contribution in [1.29, 1.82) is 5.26 Å². The average molecular weight is 578 g/mol. The number of carbonyl (C=O) groups excluding carboxylic acids is 1. The number of likely N-dealkylation sites (tertiary alicyclic amines) is 2. The van der Waals surface area contributed by atoms with Gasteiger partial charge in [0.05, 0.1) is 23.3 Å². The fourth-order valence-electron chi connectivity index (χ4n) is 7.07. The van der Waals surface area contributed by atoms with Crippen LogP contribution in [0.15, 0.2) is 67.3 Å². The van der Waals surface area contributed by atoms with Gasteiger partial charge in [-0.15, -0.1) is 0 Å². The number of rotatable bonds is 6. The molecule has 3 aliphatic rings. The van der Waals surface area contributed by atoms with Crippen LogP contribution in [0, 0.1) is 11.3 Å². The van der Waals surface area contributed by atoms with Gasteiger partial charge in [0.2, 0.25) is 11.8 Å². The first-order valence-electron chi connectivity index (χ1n) is 14.6. The van der Waals surface area contributed by atoms with Gasteiger partial charge >= 0.3 is 0 Å². The topological polar surface area (TPSA) is 72.7 Å². The molecule has 1 amide bonds. The van der Waals surface area contributed by atoms with Gasteiger partial charge in [0.1, 0.15) is 18.2 Å². The fourth-order valence-corrected chi connectivity index (χ4v) is 7.35. The van der Waals surface area contributed by atoms with Crippen LogP contribution >= 0.6 is 11.6 Å². The maximum atomic E-state index is 12.5. The number of likely N-dealkylation sites (N-methyl/N-ethyl adjacent to an activating group) is 1. The van der Waals surface area contributed by atoms with Gasteiger partial charge in [0.25, 0.3) is 0 Å². The van der Waals surface area contributed by atoms with E-state index >= 15 is 0 Å². The number of carbonyl (C=O) groups is 1. The van der Waals surface area contributed by atoms with Gasteiger partial charge < -0.3 is 19.4 Å². The van der Waals surface area contributed by atoms with Crippen LogP contribution in [0.1, 0.15) is 24.8 Å². The van der Waals surface area contributed by atoms with Crippen LogP contribution in [0.5, 0.6) is 5.88 Å². The van der Waals surface area contributed by atoms with E-state index in [1.54, 1.807) is 0 Å². The van der Waals surface area contributed by atoms with Crippen molar-refractivity contribution in [2.45, 2.75) is 37.4 Å². The van der Waals surface area contributed by atoms with Crippen LogP contribution in [0.25, 0.3) is 32.8 Å². The molecule has 0 spiro atoms. The molecule has 4 heterocycles. The van der Waals surface area contributed by atoms with E-state index in [1.807, 2.05) is 23.1 Å². The van der Waals surface area contributed by atoms with E-state index in [2.05, 4.69) is 65.9 Å². The number of anilines is 1. The Bertz CT molecular complexity index is 1780.